The van der Waals surface area contributed by atoms with Crippen LogP contribution < -0.4 is 5.32 Å². The lowest BCUT2D eigenvalue weighted by Crippen LogP contribution is -2.23. The topological polar surface area (TPSA) is 94.3 Å². The molecule has 0 saturated heterocycles. The van der Waals surface area contributed by atoms with Crippen molar-refractivity contribution < 1.29 is 18.7 Å². The van der Waals surface area contributed by atoms with Gasteiger partial charge in [-0.15, -0.1) is 0 Å². The van der Waals surface area contributed by atoms with Gasteiger partial charge in [0.25, 0.3) is 5.91 Å². The summed E-state index contributed by atoms with van der Waals surface area (Å²) in [6.07, 6.45) is 3.39. The number of aromatic nitrogens is 2. The number of amides is 1. The van der Waals surface area contributed by atoms with Crippen LogP contribution in [0.5, 0.6) is 0 Å². The minimum Gasteiger partial charge on any atom is -0.465 e. The van der Waals surface area contributed by atoms with Gasteiger partial charge in [0, 0.05) is 23.3 Å². The summed E-state index contributed by atoms with van der Waals surface area (Å²) in [5, 5.41) is 3.60. The van der Waals surface area contributed by atoms with Crippen LogP contribution in [0.3, 0.4) is 0 Å². The van der Waals surface area contributed by atoms with Crippen molar-refractivity contribution in [2.45, 2.75) is 13.5 Å². The van der Waals surface area contributed by atoms with Crippen LogP contribution >= 0.6 is 0 Å². The van der Waals surface area contributed by atoms with Crippen LogP contribution in [0.25, 0.3) is 22.2 Å². The number of carbonyl (C=O) groups excluding carboxylic acids is 2. The van der Waals surface area contributed by atoms with Gasteiger partial charge in [-0.3, -0.25) is 9.78 Å². The summed E-state index contributed by atoms with van der Waals surface area (Å²) in [6.45, 7) is 1.81. The van der Waals surface area contributed by atoms with Crippen molar-refractivity contribution in [2.24, 2.45) is 0 Å². The average molecular weight is 401 g/mol. The van der Waals surface area contributed by atoms with Crippen molar-refractivity contribution >= 4 is 22.8 Å². The molecule has 0 aliphatic rings. The first-order chi connectivity index (χ1) is 14.6. The Balaban J connectivity index is 1.64. The fraction of sp³-hybridized carbons (Fsp3) is 0.130. The molecule has 0 spiro atoms. The Bertz CT molecular complexity index is 1230. The zero-order chi connectivity index (χ0) is 21.1. The Kier molecular flexibility index (Phi) is 5.26. The average Bonchev–Trinajstić information content (AvgIpc) is 3.17. The second-order valence-electron chi connectivity index (χ2n) is 6.67. The first-order valence-corrected chi connectivity index (χ1v) is 9.33. The molecule has 0 atom stereocenters. The number of rotatable bonds is 5. The highest BCUT2D eigenvalue weighted by atomic mass is 16.5. The third-order valence-corrected chi connectivity index (χ3v) is 4.72. The van der Waals surface area contributed by atoms with Crippen LogP contribution in [0, 0.1) is 6.92 Å². The molecule has 0 bridgehead atoms. The second kappa shape index (κ2) is 8.16. The monoisotopic (exact) mass is 401 g/mol. The minimum absolute atomic E-state index is 0.134. The number of pyridine rings is 2. The van der Waals surface area contributed by atoms with Crippen LogP contribution in [0.15, 0.2) is 65.3 Å². The molecule has 4 aromatic rings. The third kappa shape index (κ3) is 3.77. The molecular formula is C23H19N3O4. The largest absolute Gasteiger partial charge is 0.465 e. The number of fused-ring (bicyclic) bond motifs is 1. The molecule has 150 valence electrons. The third-order valence-electron chi connectivity index (χ3n) is 4.72. The molecule has 0 aliphatic carbocycles. The van der Waals surface area contributed by atoms with E-state index >= 15 is 0 Å². The van der Waals surface area contributed by atoms with Crippen molar-refractivity contribution in [2.75, 3.05) is 7.11 Å². The second-order valence-corrected chi connectivity index (χ2v) is 6.67. The maximum absolute atomic E-state index is 13.0. The molecule has 30 heavy (non-hydrogen) atoms. The van der Waals surface area contributed by atoms with Crippen molar-refractivity contribution in [3.63, 3.8) is 0 Å². The molecule has 0 aliphatic heterocycles. The predicted octanol–water partition coefficient (Wildman–Crippen LogP) is 3.91. The summed E-state index contributed by atoms with van der Waals surface area (Å²) in [5.74, 6) is 0.161. The van der Waals surface area contributed by atoms with E-state index < -0.39 is 5.97 Å². The highest BCUT2D eigenvalue weighted by Gasteiger charge is 2.17. The summed E-state index contributed by atoms with van der Waals surface area (Å²) in [5.41, 5.74) is 3.03. The van der Waals surface area contributed by atoms with E-state index in [2.05, 4.69) is 15.3 Å². The van der Waals surface area contributed by atoms with Crippen LogP contribution in [-0.2, 0) is 11.3 Å². The lowest BCUT2D eigenvalue weighted by Gasteiger charge is -2.10. The van der Waals surface area contributed by atoms with Gasteiger partial charge < -0.3 is 14.5 Å². The number of furan rings is 1. The lowest BCUT2D eigenvalue weighted by molar-refractivity contribution is 0.0598. The maximum Gasteiger partial charge on any atom is 0.341 e. The molecular weight excluding hydrogens is 382 g/mol. The summed E-state index contributed by atoms with van der Waals surface area (Å²) in [6, 6.07) is 14.5. The Hall–Kier alpha value is -4.00. The number of hydrogen-bond acceptors (Lipinski definition) is 6. The fourth-order valence-electron chi connectivity index (χ4n) is 3.23. The fourth-order valence-corrected chi connectivity index (χ4v) is 3.23. The molecule has 7 nitrogen and oxygen atoms in total. The van der Waals surface area contributed by atoms with Crippen LogP contribution in [-0.4, -0.2) is 29.0 Å². The number of para-hydroxylation sites is 1. The van der Waals surface area contributed by atoms with Crippen LogP contribution in [0.2, 0.25) is 0 Å². The number of esters is 1. The van der Waals surface area contributed by atoms with Crippen molar-refractivity contribution in [1.29, 1.82) is 0 Å². The molecule has 0 fully saturated rings. The normalized spacial score (nSPS) is 10.7. The Labute approximate surface area is 172 Å². The Morgan fingerprint density at radius 3 is 2.70 bits per heavy atom. The molecule has 7 heteroatoms. The SMILES string of the molecule is COC(=O)c1cc(CNC(=O)c2cc(-c3cccnc3)nc3ccccc23)oc1C. The summed E-state index contributed by atoms with van der Waals surface area (Å²) in [4.78, 5) is 33.5. The molecule has 3 heterocycles. The van der Waals surface area contributed by atoms with Crippen LogP contribution in [0.1, 0.15) is 32.2 Å². The standard InChI is InChI=1S/C23H19N3O4/c1-14-18(23(28)29-2)10-16(30-14)13-25-22(27)19-11-21(15-6-5-9-24-12-15)26-20-8-4-3-7-17(19)20/h3-12H,13H2,1-2H3,(H,25,27). The number of hydrogen-bond donors (Lipinski definition) is 1. The van der Waals surface area contributed by atoms with E-state index in [-0.39, 0.29) is 12.5 Å². The molecule has 1 N–H and O–H groups in total. The number of benzene rings is 1. The van der Waals surface area contributed by atoms with Crippen LogP contribution in [0.4, 0.5) is 0 Å². The highest BCUT2D eigenvalue weighted by Crippen LogP contribution is 2.24. The van der Waals surface area contributed by atoms with Gasteiger partial charge in [-0.1, -0.05) is 18.2 Å². The van der Waals surface area contributed by atoms with Gasteiger partial charge >= 0.3 is 5.97 Å². The van der Waals surface area contributed by atoms with E-state index in [0.29, 0.717) is 33.9 Å². The quantitative estimate of drug-likeness (QED) is 0.510. The molecule has 1 amide bonds. The number of ether oxygens (including phenoxy) is 1. The van der Waals surface area contributed by atoms with Crippen molar-refractivity contribution in [1.82, 2.24) is 15.3 Å². The number of carbonyl (C=O) groups is 2. The number of nitrogens with one attached hydrogen (secondary N) is 1. The van der Waals surface area contributed by atoms with Gasteiger partial charge in [0.2, 0.25) is 0 Å². The zero-order valence-corrected chi connectivity index (χ0v) is 16.5. The van der Waals surface area contributed by atoms with Crippen molar-refractivity contribution in [3.8, 4) is 11.3 Å². The van der Waals surface area contributed by atoms with E-state index in [1.54, 1.807) is 31.5 Å². The zero-order valence-electron chi connectivity index (χ0n) is 16.5. The van der Waals surface area contributed by atoms with Gasteiger partial charge in [0.1, 0.15) is 17.1 Å². The Morgan fingerprint density at radius 2 is 1.93 bits per heavy atom. The van der Waals surface area contributed by atoms with Gasteiger partial charge in [0.15, 0.2) is 0 Å². The maximum atomic E-state index is 13.0. The molecule has 3 aromatic heterocycles. The van der Waals surface area contributed by atoms with Gasteiger partial charge in [-0.2, -0.15) is 0 Å². The minimum atomic E-state index is -0.477. The summed E-state index contributed by atoms with van der Waals surface area (Å²) < 4.78 is 10.3. The summed E-state index contributed by atoms with van der Waals surface area (Å²) >= 11 is 0. The lowest BCUT2D eigenvalue weighted by atomic mass is 10.0. The molecule has 1 aromatic carbocycles. The Morgan fingerprint density at radius 1 is 1.10 bits per heavy atom. The molecule has 0 saturated carbocycles. The van der Waals surface area contributed by atoms with E-state index in [4.69, 9.17) is 9.15 Å². The number of aryl methyl sites for hydroxylation is 1. The molecule has 0 unspecified atom stereocenters. The predicted molar refractivity (Wildman–Crippen MR) is 111 cm³/mol. The van der Waals surface area contributed by atoms with Gasteiger partial charge in [-0.25, -0.2) is 9.78 Å². The van der Waals surface area contributed by atoms with Crippen molar-refractivity contribution in [3.05, 3.63) is 83.6 Å². The molecule has 0 radical (unpaired) electrons. The van der Waals surface area contributed by atoms with E-state index in [1.165, 1.54) is 7.11 Å². The smallest absolute Gasteiger partial charge is 0.341 e. The highest BCUT2D eigenvalue weighted by molar-refractivity contribution is 6.07. The van der Waals surface area contributed by atoms with E-state index in [9.17, 15) is 9.59 Å². The number of methoxy groups -OCH3 is 1. The van der Waals surface area contributed by atoms with Gasteiger partial charge in [0.05, 0.1) is 30.4 Å². The van der Waals surface area contributed by atoms with Gasteiger partial charge in [-0.05, 0) is 37.3 Å². The first-order valence-electron chi connectivity index (χ1n) is 9.33. The summed E-state index contributed by atoms with van der Waals surface area (Å²) in [7, 11) is 1.31. The molecule has 4 rings (SSSR count). The first kappa shape index (κ1) is 19.3. The number of nitrogens with zero attached hydrogens (tertiary/aromatic N) is 2. The van der Waals surface area contributed by atoms with E-state index in [0.717, 1.165) is 10.9 Å². The van der Waals surface area contributed by atoms with E-state index in [1.807, 2.05) is 36.4 Å².